The van der Waals surface area contributed by atoms with Gasteiger partial charge < -0.3 is 5.32 Å². The van der Waals surface area contributed by atoms with Gasteiger partial charge in [0.2, 0.25) is 15.9 Å². The van der Waals surface area contributed by atoms with Gasteiger partial charge in [0.15, 0.2) is 0 Å². The van der Waals surface area contributed by atoms with E-state index >= 15 is 0 Å². The topological polar surface area (TPSA) is 79.4 Å². The highest BCUT2D eigenvalue weighted by atomic mass is 32.2. The van der Waals surface area contributed by atoms with E-state index in [0.717, 1.165) is 16.0 Å². The monoisotopic (exact) mass is 379 g/mol. The van der Waals surface area contributed by atoms with Gasteiger partial charge in [-0.3, -0.25) is 9.78 Å². The van der Waals surface area contributed by atoms with Crippen LogP contribution < -0.4 is 5.32 Å². The summed E-state index contributed by atoms with van der Waals surface area (Å²) < 4.78 is 24.5. The molecule has 1 amide bonds. The number of nitrogens with one attached hydrogen (secondary N) is 1. The molecule has 1 N–H and O–H groups in total. The first-order chi connectivity index (χ1) is 11.9. The molecule has 0 atom stereocenters. The first kappa shape index (κ1) is 18.0. The van der Waals surface area contributed by atoms with E-state index < -0.39 is 10.0 Å². The Labute approximate surface area is 151 Å². The maximum absolute atomic E-state index is 12.3. The van der Waals surface area contributed by atoms with Gasteiger partial charge in [-0.25, -0.2) is 12.7 Å². The van der Waals surface area contributed by atoms with Crippen LogP contribution in [-0.4, -0.2) is 43.0 Å². The lowest BCUT2D eigenvalue weighted by Gasteiger charge is -2.29. The third-order valence-electron chi connectivity index (χ3n) is 4.36. The smallest absolute Gasteiger partial charge is 0.223 e. The van der Waals surface area contributed by atoms with Crippen LogP contribution >= 0.6 is 11.3 Å². The van der Waals surface area contributed by atoms with Gasteiger partial charge in [0, 0.05) is 48.4 Å². The normalized spacial score (nSPS) is 16.7. The second-order valence-electron chi connectivity index (χ2n) is 6.21. The summed E-state index contributed by atoms with van der Waals surface area (Å²) in [5.74, 6) is -0.152. The highest BCUT2D eigenvalue weighted by Crippen LogP contribution is 2.24. The second-order valence-corrected chi connectivity index (χ2v) is 9.14. The van der Waals surface area contributed by atoms with Crippen LogP contribution in [0.15, 0.2) is 36.0 Å². The zero-order chi connectivity index (χ0) is 17.9. The minimum Gasteiger partial charge on any atom is -0.352 e. The maximum atomic E-state index is 12.3. The number of aromatic nitrogens is 1. The van der Waals surface area contributed by atoms with Crippen LogP contribution in [0.3, 0.4) is 0 Å². The predicted molar refractivity (Wildman–Crippen MR) is 98.5 cm³/mol. The first-order valence-corrected chi connectivity index (χ1v) is 10.9. The second kappa shape index (κ2) is 7.63. The number of carbonyl (C=O) groups is 1. The summed E-state index contributed by atoms with van der Waals surface area (Å²) >= 11 is 1.65. The molecule has 1 saturated heterocycles. The van der Waals surface area contributed by atoms with E-state index in [2.05, 4.69) is 10.3 Å². The number of hydrogen-bond acceptors (Lipinski definition) is 5. The lowest BCUT2D eigenvalue weighted by Crippen LogP contribution is -2.42. The Hall–Kier alpha value is -1.77. The van der Waals surface area contributed by atoms with E-state index in [1.165, 1.54) is 10.6 Å². The number of sulfonamides is 1. The fraction of sp³-hybridized carbons (Fsp3) is 0.412. The zero-order valence-corrected chi connectivity index (χ0v) is 15.6. The van der Waals surface area contributed by atoms with Crippen molar-refractivity contribution in [2.24, 2.45) is 5.92 Å². The average molecular weight is 380 g/mol. The Balaban J connectivity index is 1.54. The van der Waals surface area contributed by atoms with E-state index in [1.54, 1.807) is 17.5 Å². The molecular weight excluding hydrogens is 358 g/mol. The fourth-order valence-corrected chi connectivity index (χ4v) is 4.53. The number of carbonyl (C=O) groups excluding carboxylic acids is 1. The third-order valence-corrected chi connectivity index (χ3v) is 6.58. The Morgan fingerprint density at radius 3 is 2.76 bits per heavy atom. The van der Waals surface area contributed by atoms with E-state index in [1.807, 2.05) is 29.8 Å². The minimum absolute atomic E-state index is 0.0188. The molecular formula is C17H21N3O3S2. The maximum Gasteiger partial charge on any atom is 0.223 e. The number of thiophene rings is 1. The molecule has 0 saturated carbocycles. The quantitative estimate of drug-likeness (QED) is 0.863. The fourth-order valence-electron chi connectivity index (χ4n) is 2.94. The van der Waals surface area contributed by atoms with Crippen LogP contribution in [0.5, 0.6) is 0 Å². The van der Waals surface area contributed by atoms with Gasteiger partial charge in [-0.2, -0.15) is 0 Å². The summed E-state index contributed by atoms with van der Waals surface area (Å²) in [6, 6.07) is 6.07. The summed E-state index contributed by atoms with van der Waals surface area (Å²) in [7, 11) is -3.16. The molecule has 1 aliphatic heterocycles. The van der Waals surface area contributed by atoms with Crippen LogP contribution in [0.2, 0.25) is 0 Å². The SMILES string of the molecule is CS(=O)(=O)N1CCC(C(=O)NCc2cncc(-c3cccs3)c2)CC1. The zero-order valence-electron chi connectivity index (χ0n) is 14.0. The molecule has 2 aromatic rings. The molecule has 0 aliphatic carbocycles. The molecule has 3 rings (SSSR count). The molecule has 0 radical (unpaired) electrons. The van der Waals surface area contributed by atoms with Gasteiger partial charge in [-0.05, 0) is 35.9 Å². The van der Waals surface area contributed by atoms with Crippen molar-refractivity contribution >= 4 is 27.3 Å². The van der Waals surface area contributed by atoms with Crippen molar-refractivity contribution in [3.63, 3.8) is 0 Å². The number of rotatable bonds is 5. The van der Waals surface area contributed by atoms with E-state index in [4.69, 9.17) is 0 Å². The molecule has 134 valence electrons. The van der Waals surface area contributed by atoms with E-state index in [0.29, 0.717) is 32.5 Å². The van der Waals surface area contributed by atoms with Crippen molar-refractivity contribution in [2.45, 2.75) is 19.4 Å². The summed E-state index contributed by atoms with van der Waals surface area (Å²) in [6.07, 6.45) is 5.90. The molecule has 0 aromatic carbocycles. The lowest BCUT2D eigenvalue weighted by atomic mass is 9.97. The van der Waals surface area contributed by atoms with E-state index in [-0.39, 0.29) is 11.8 Å². The Kier molecular flexibility index (Phi) is 5.51. The molecule has 6 nitrogen and oxygen atoms in total. The average Bonchev–Trinajstić information content (AvgIpc) is 3.14. The molecule has 0 bridgehead atoms. The summed E-state index contributed by atoms with van der Waals surface area (Å²) in [4.78, 5) is 17.7. The molecule has 8 heteroatoms. The van der Waals surface area contributed by atoms with Gasteiger partial charge in [-0.1, -0.05) is 6.07 Å². The van der Waals surface area contributed by atoms with Gasteiger partial charge in [-0.15, -0.1) is 11.3 Å². The number of nitrogens with zero attached hydrogens (tertiary/aromatic N) is 2. The molecule has 3 heterocycles. The van der Waals surface area contributed by atoms with Crippen LogP contribution in [-0.2, 0) is 21.4 Å². The van der Waals surface area contributed by atoms with Crippen LogP contribution in [0, 0.1) is 5.92 Å². The molecule has 1 aliphatic rings. The van der Waals surface area contributed by atoms with Crippen LogP contribution in [0.1, 0.15) is 18.4 Å². The molecule has 2 aromatic heterocycles. The molecule has 1 fully saturated rings. The minimum atomic E-state index is -3.16. The summed E-state index contributed by atoms with van der Waals surface area (Å²) in [5.41, 5.74) is 2.00. The highest BCUT2D eigenvalue weighted by molar-refractivity contribution is 7.88. The summed E-state index contributed by atoms with van der Waals surface area (Å²) in [6.45, 7) is 1.25. The predicted octanol–water partition coefficient (Wildman–Crippen LogP) is 2.10. The van der Waals surface area contributed by atoms with Gasteiger partial charge >= 0.3 is 0 Å². The number of hydrogen-bond donors (Lipinski definition) is 1. The number of piperidine rings is 1. The van der Waals surface area contributed by atoms with Crippen molar-refractivity contribution in [1.29, 1.82) is 0 Å². The number of pyridine rings is 1. The summed E-state index contributed by atoms with van der Waals surface area (Å²) in [5, 5.41) is 4.97. The van der Waals surface area contributed by atoms with Gasteiger partial charge in [0.1, 0.15) is 0 Å². The van der Waals surface area contributed by atoms with Crippen molar-refractivity contribution in [2.75, 3.05) is 19.3 Å². The molecule has 0 unspecified atom stereocenters. The van der Waals surface area contributed by atoms with Gasteiger partial charge in [0.25, 0.3) is 0 Å². The largest absolute Gasteiger partial charge is 0.352 e. The third kappa shape index (κ3) is 4.65. The van der Waals surface area contributed by atoms with Crippen molar-refractivity contribution < 1.29 is 13.2 Å². The van der Waals surface area contributed by atoms with Crippen molar-refractivity contribution in [1.82, 2.24) is 14.6 Å². The Morgan fingerprint density at radius 2 is 2.12 bits per heavy atom. The van der Waals surface area contributed by atoms with Crippen molar-refractivity contribution in [3.8, 4) is 10.4 Å². The van der Waals surface area contributed by atoms with Gasteiger partial charge in [0.05, 0.1) is 6.26 Å². The highest BCUT2D eigenvalue weighted by Gasteiger charge is 2.28. The molecule has 25 heavy (non-hydrogen) atoms. The lowest BCUT2D eigenvalue weighted by molar-refractivity contribution is -0.126. The Bertz CT molecular complexity index is 827. The van der Waals surface area contributed by atoms with Crippen molar-refractivity contribution in [3.05, 3.63) is 41.5 Å². The van der Waals surface area contributed by atoms with Crippen LogP contribution in [0.4, 0.5) is 0 Å². The molecule has 0 spiro atoms. The first-order valence-electron chi connectivity index (χ1n) is 8.14. The number of amides is 1. The Morgan fingerprint density at radius 1 is 1.36 bits per heavy atom. The standard InChI is InChI=1S/C17H21N3O3S2/c1-25(22,23)20-6-4-14(5-7-20)17(21)19-11-13-9-15(12-18-10-13)16-3-2-8-24-16/h2-3,8-10,12,14H,4-7,11H2,1H3,(H,19,21). The van der Waals surface area contributed by atoms with Crippen LogP contribution in [0.25, 0.3) is 10.4 Å². The van der Waals surface area contributed by atoms with E-state index in [9.17, 15) is 13.2 Å².